The van der Waals surface area contributed by atoms with E-state index in [0.29, 0.717) is 24.4 Å². The number of carbonyl (C=O) groups excluding carboxylic acids is 1. The zero-order valence-electron chi connectivity index (χ0n) is 14.7. The van der Waals surface area contributed by atoms with Gasteiger partial charge in [0.25, 0.3) is 0 Å². The second kappa shape index (κ2) is 8.52. The molecule has 1 unspecified atom stereocenters. The highest BCUT2D eigenvalue weighted by Crippen LogP contribution is 2.27. The fraction of sp³-hybridized carbons (Fsp3) is 0.650. The van der Waals surface area contributed by atoms with Crippen molar-refractivity contribution < 1.29 is 9.53 Å². The van der Waals surface area contributed by atoms with Gasteiger partial charge in [0.15, 0.2) is 0 Å². The molecule has 1 aliphatic carbocycles. The summed E-state index contributed by atoms with van der Waals surface area (Å²) in [4.78, 5) is 12.4. The van der Waals surface area contributed by atoms with Crippen LogP contribution in [0.15, 0.2) is 24.3 Å². The molecule has 0 spiro atoms. The zero-order chi connectivity index (χ0) is 16.8. The van der Waals surface area contributed by atoms with Gasteiger partial charge in [-0.2, -0.15) is 0 Å². The molecule has 2 fully saturated rings. The summed E-state index contributed by atoms with van der Waals surface area (Å²) in [6, 6.07) is 7.82. The highest BCUT2D eigenvalue weighted by atomic mass is 16.5. The molecule has 1 saturated heterocycles. The second-order valence-electron chi connectivity index (χ2n) is 7.37. The summed E-state index contributed by atoms with van der Waals surface area (Å²) in [6.45, 7) is 4.36. The number of anilines is 1. The van der Waals surface area contributed by atoms with Crippen molar-refractivity contribution in [3.63, 3.8) is 0 Å². The van der Waals surface area contributed by atoms with Gasteiger partial charge in [-0.1, -0.05) is 13.0 Å². The van der Waals surface area contributed by atoms with Gasteiger partial charge in [-0.15, -0.1) is 0 Å². The van der Waals surface area contributed by atoms with Crippen molar-refractivity contribution in [2.24, 2.45) is 11.8 Å². The molecule has 2 aliphatic rings. The van der Waals surface area contributed by atoms with E-state index in [-0.39, 0.29) is 5.91 Å². The molecule has 4 nitrogen and oxygen atoms in total. The largest absolute Gasteiger partial charge is 0.490 e. The van der Waals surface area contributed by atoms with E-state index in [0.717, 1.165) is 37.4 Å². The van der Waals surface area contributed by atoms with Crippen LogP contribution in [0.3, 0.4) is 0 Å². The van der Waals surface area contributed by atoms with E-state index in [9.17, 15) is 4.79 Å². The third-order valence-corrected chi connectivity index (χ3v) is 5.42. The molecule has 1 heterocycles. The van der Waals surface area contributed by atoms with E-state index >= 15 is 0 Å². The minimum atomic E-state index is 0.110. The maximum absolute atomic E-state index is 12.4. The van der Waals surface area contributed by atoms with Gasteiger partial charge in [-0.3, -0.25) is 4.79 Å². The number of rotatable bonds is 6. The molecule has 1 aliphatic heterocycles. The van der Waals surface area contributed by atoms with Gasteiger partial charge >= 0.3 is 0 Å². The number of carbonyl (C=O) groups is 1. The van der Waals surface area contributed by atoms with Crippen molar-refractivity contribution in [1.82, 2.24) is 5.32 Å². The van der Waals surface area contributed by atoms with Crippen LogP contribution in [-0.4, -0.2) is 25.1 Å². The molecule has 0 bridgehead atoms. The molecule has 0 aromatic heterocycles. The summed E-state index contributed by atoms with van der Waals surface area (Å²) >= 11 is 0. The van der Waals surface area contributed by atoms with Crippen LogP contribution in [0.4, 0.5) is 5.69 Å². The zero-order valence-corrected chi connectivity index (χ0v) is 14.7. The fourth-order valence-electron chi connectivity index (χ4n) is 3.93. The SMILES string of the molecule is CC(CC(=O)Nc1cccc(OC2CCCC2)c1)C1CCNCC1. The predicted octanol–water partition coefficient (Wildman–Crippen LogP) is 3.97. The molecule has 24 heavy (non-hydrogen) atoms. The Balaban J connectivity index is 1.50. The Morgan fingerprint density at radius 2 is 2.00 bits per heavy atom. The second-order valence-corrected chi connectivity index (χ2v) is 7.37. The average molecular weight is 330 g/mol. The van der Waals surface area contributed by atoms with E-state index in [1.54, 1.807) is 0 Å². The van der Waals surface area contributed by atoms with Gasteiger partial charge in [-0.25, -0.2) is 0 Å². The van der Waals surface area contributed by atoms with Crippen molar-refractivity contribution in [1.29, 1.82) is 0 Å². The fourth-order valence-corrected chi connectivity index (χ4v) is 3.93. The van der Waals surface area contributed by atoms with Gasteiger partial charge in [0.05, 0.1) is 6.10 Å². The number of benzene rings is 1. The van der Waals surface area contributed by atoms with Gasteiger partial charge < -0.3 is 15.4 Å². The summed E-state index contributed by atoms with van der Waals surface area (Å²) in [5.41, 5.74) is 0.841. The number of amides is 1. The van der Waals surface area contributed by atoms with Crippen molar-refractivity contribution in [3.05, 3.63) is 24.3 Å². The summed E-state index contributed by atoms with van der Waals surface area (Å²) in [6.07, 6.45) is 8.10. The van der Waals surface area contributed by atoms with Crippen molar-refractivity contribution >= 4 is 11.6 Å². The minimum Gasteiger partial charge on any atom is -0.490 e. The Morgan fingerprint density at radius 1 is 1.25 bits per heavy atom. The van der Waals surface area contributed by atoms with Crippen LogP contribution in [-0.2, 0) is 4.79 Å². The third kappa shape index (κ3) is 4.97. The molecule has 0 radical (unpaired) electrons. The molecular weight excluding hydrogens is 300 g/mol. The lowest BCUT2D eigenvalue weighted by Crippen LogP contribution is -2.32. The van der Waals surface area contributed by atoms with Gasteiger partial charge in [0, 0.05) is 18.2 Å². The Labute approximate surface area is 145 Å². The summed E-state index contributed by atoms with van der Waals surface area (Å²) in [5, 5.41) is 6.43. The standard InChI is InChI=1S/C20H30N2O2/c1-15(16-9-11-21-12-10-16)13-20(23)22-17-5-4-8-19(14-17)24-18-6-2-3-7-18/h4-5,8,14-16,18,21H,2-3,6-7,9-13H2,1H3,(H,22,23). The quantitative estimate of drug-likeness (QED) is 0.830. The Kier molecular flexibility index (Phi) is 6.13. The number of hydrogen-bond acceptors (Lipinski definition) is 3. The lowest BCUT2D eigenvalue weighted by molar-refractivity contribution is -0.117. The maximum Gasteiger partial charge on any atom is 0.224 e. The van der Waals surface area contributed by atoms with Crippen LogP contribution in [0.2, 0.25) is 0 Å². The van der Waals surface area contributed by atoms with Crippen LogP contribution < -0.4 is 15.4 Å². The Bertz CT molecular complexity index is 534. The molecule has 1 saturated carbocycles. The molecule has 1 atom stereocenters. The Morgan fingerprint density at radius 3 is 2.75 bits per heavy atom. The first-order valence-electron chi connectivity index (χ1n) is 9.48. The molecule has 1 aromatic rings. The monoisotopic (exact) mass is 330 g/mol. The molecule has 1 amide bonds. The molecule has 1 aromatic carbocycles. The van der Waals surface area contributed by atoms with E-state index in [1.807, 2.05) is 24.3 Å². The van der Waals surface area contributed by atoms with Crippen LogP contribution >= 0.6 is 0 Å². The Hall–Kier alpha value is -1.55. The lowest BCUT2D eigenvalue weighted by atomic mass is 9.84. The average Bonchev–Trinajstić information content (AvgIpc) is 3.09. The van der Waals surface area contributed by atoms with Crippen LogP contribution in [0.25, 0.3) is 0 Å². The first-order valence-corrected chi connectivity index (χ1v) is 9.48. The highest BCUT2D eigenvalue weighted by Gasteiger charge is 2.22. The first-order chi connectivity index (χ1) is 11.7. The topological polar surface area (TPSA) is 50.4 Å². The summed E-state index contributed by atoms with van der Waals surface area (Å²) < 4.78 is 6.02. The predicted molar refractivity (Wildman–Crippen MR) is 97.3 cm³/mol. The first kappa shape index (κ1) is 17.3. The van der Waals surface area contributed by atoms with Crippen LogP contribution in [0.5, 0.6) is 5.75 Å². The van der Waals surface area contributed by atoms with Gasteiger partial charge in [0.1, 0.15) is 5.75 Å². The number of nitrogens with one attached hydrogen (secondary N) is 2. The van der Waals surface area contributed by atoms with Crippen molar-refractivity contribution in [3.8, 4) is 5.75 Å². The molecular formula is C20H30N2O2. The summed E-state index contributed by atoms with van der Waals surface area (Å²) in [5.74, 6) is 2.07. The van der Waals surface area contributed by atoms with E-state index in [2.05, 4.69) is 17.6 Å². The molecule has 4 heteroatoms. The molecule has 132 valence electrons. The molecule has 2 N–H and O–H groups in total. The van der Waals surface area contributed by atoms with Crippen molar-refractivity contribution in [2.75, 3.05) is 18.4 Å². The molecule has 3 rings (SSSR count). The van der Waals surface area contributed by atoms with E-state index in [1.165, 1.54) is 25.7 Å². The number of hydrogen-bond donors (Lipinski definition) is 2. The number of ether oxygens (including phenoxy) is 1. The van der Waals surface area contributed by atoms with E-state index < -0.39 is 0 Å². The normalized spacial score (nSPS) is 20.7. The maximum atomic E-state index is 12.4. The van der Waals surface area contributed by atoms with Gasteiger partial charge in [-0.05, 0) is 75.6 Å². The smallest absolute Gasteiger partial charge is 0.224 e. The van der Waals surface area contributed by atoms with Crippen LogP contribution in [0, 0.1) is 11.8 Å². The highest BCUT2D eigenvalue weighted by molar-refractivity contribution is 5.91. The number of piperidine rings is 1. The summed E-state index contributed by atoms with van der Waals surface area (Å²) in [7, 11) is 0. The lowest BCUT2D eigenvalue weighted by Gasteiger charge is -2.27. The van der Waals surface area contributed by atoms with Crippen molar-refractivity contribution in [2.45, 2.75) is 58.0 Å². The third-order valence-electron chi connectivity index (χ3n) is 5.42. The van der Waals surface area contributed by atoms with Gasteiger partial charge in [0.2, 0.25) is 5.91 Å². The van der Waals surface area contributed by atoms with E-state index in [4.69, 9.17) is 4.74 Å². The minimum absolute atomic E-state index is 0.110. The van der Waals surface area contributed by atoms with Crippen LogP contribution in [0.1, 0.15) is 51.9 Å².